The van der Waals surface area contributed by atoms with Gasteiger partial charge in [-0.1, -0.05) is 54.6 Å². The zero-order valence-electron chi connectivity index (χ0n) is 15.1. The standard InChI is InChI=1S/C22H24N2O3/c23-21(27)22(17-9-3-1-4-10-17)18(11-7-15-20(25)26)12-8-16-24(22)19-13-5-2-6-14-19/h1-7,9-10,13-15,18H,8,11-12,16H2,(H2,23,27)(H,25,26). The van der Waals surface area contributed by atoms with Gasteiger partial charge in [-0.15, -0.1) is 0 Å². The van der Waals surface area contributed by atoms with Gasteiger partial charge in [0.05, 0.1) is 0 Å². The predicted octanol–water partition coefficient (Wildman–Crippen LogP) is 3.31. The molecule has 0 spiro atoms. The van der Waals surface area contributed by atoms with Gasteiger partial charge >= 0.3 is 5.97 Å². The van der Waals surface area contributed by atoms with E-state index in [-0.39, 0.29) is 5.92 Å². The topological polar surface area (TPSA) is 83.6 Å². The molecule has 1 heterocycles. The normalized spacial score (nSPS) is 22.7. The van der Waals surface area contributed by atoms with Gasteiger partial charge in [0.1, 0.15) is 5.54 Å². The smallest absolute Gasteiger partial charge is 0.327 e. The Morgan fingerprint density at radius 1 is 1.11 bits per heavy atom. The molecule has 1 aliphatic heterocycles. The molecule has 0 saturated carbocycles. The van der Waals surface area contributed by atoms with Crippen molar-refractivity contribution in [1.29, 1.82) is 0 Å². The Kier molecular flexibility index (Phi) is 5.60. The molecule has 140 valence electrons. The van der Waals surface area contributed by atoms with Crippen molar-refractivity contribution >= 4 is 17.6 Å². The van der Waals surface area contributed by atoms with Crippen LogP contribution in [0.15, 0.2) is 72.8 Å². The van der Waals surface area contributed by atoms with E-state index in [4.69, 9.17) is 10.8 Å². The van der Waals surface area contributed by atoms with E-state index in [0.717, 1.165) is 30.2 Å². The van der Waals surface area contributed by atoms with Gasteiger partial charge in [-0.3, -0.25) is 4.79 Å². The summed E-state index contributed by atoms with van der Waals surface area (Å²) in [6.07, 6.45) is 4.93. The minimum Gasteiger partial charge on any atom is -0.478 e. The molecule has 1 saturated heterocycles. The first kappa shape index (κ1) is 18.7. The van der Waals surface area contributed by atoms with Gasteiger partial charge in [0.15, 0.2) is 0 Å². The van der Waals surface area contributed by atoms with Crippen LogP contribution in [0, 0.1) is 5.92 Å². The number of piperidine rings is 1. The molecule has 0 radical (unpaired) electrons. The van der Waals surface area contributed by atoms with Crippen molar-refractivity contribution < 1.29 is 14.7 Å². The average molecular weight is 364 g/mol. The highest BCUT2D eigenvalue weighted by atomic mass is 16.4. The highest BCUT2D eigenvalue weighted by Crippen LogP contribution is 2.46. The molecule has 1 amide bonds. The lowest BCUT2D eigenvalue weighted by molar-refractivity contribution is -0.131. The quantitative estimate of drug-likeness (QED) is 0.770. The Bertz CT molecular complexity index is 820. The second-order valence-corrected chi connectivity index (χ2v) is 6.80. The molecular formula is C22H24N2O3. The predicted molar refractivity (Wildman–Crippen MR) is 105 cm³/mol. The summed E-state index contributed by atoms with van der Waals surface area (Å²) in [4.78, 5) is 26.0. The van der Waals surface area contributed by atoms with Crippen LogP contribution in [-0.2, 0) is 15.1 Å². The monoisotopic (exact) mass is 364 g/mol. The first-order chi connectivity index (χ1) is 13.1. The maximum absolute atomic E-state index is 13.0. The van der Waals surface area contributed by atoms with Crippen LogP contribution in [0.4, 0.5) is 5.69 Å². The lowest BCUT2D eigenvalue weighted by atomic mass is 9.69. The molecule has 5 nitrogen and oxygen atoms in total. The summed E-state index contributed by atoms with van der Waals surface area (Å²) < 4.78 is 0. The Hall–Kier alpha value is -3.08. The van der Waals surface area contributed by atoms with Crippen LogP contribution in [0.25, 0.3) is 0 Å². The van der Waals surface area contributed by atoms with E-state index in [1.54, 1.807) is 6.08 Å². The number of hydrogen-bond donors (Lipinski definition) is 2. The summed E-state index contributed by atoms with van der Waals surface area (Å²) in [6.45, 7) is 0.709. The molecular weight excluding hydrogens is 340 g/mol. The van der Waals surface area contributed by atoms with Gasteiger partial charge in [0, 0.05) is 18.3 Å². The number of carboxylic acids is 1. The summed E-state index contributed by atoms with van der Waals surface area (Å²) in [6, 6.07) is 19.4. The third kappa shape index (κ3) is 3.58. The van der Waals surface area contributed by atoms with Crippen LogP contribution < -0.4 is 10.6 Å². The van der Waals surface area contributed by atoms with Crippen molar-refractivity contribution in [1.82, 2.24) is 0 Å². The first-order valence-electron chi connectivity index (χ1n) is 9.14. The van der Waals surface area contributed by atoms with E-state index in [1.165, 1.54) is 0 Å². The van der Waals surface area contributed by atoms with Crippen molar-refractivity contribution in [2.24, 2.45) is 11.7 Å². The largest absolute Gasteiger partial charge is 0.478 e. The fourth-order valence-corrected chi connectivity index (χ4v) is 4.22. The Balaban J connectivity index is 2.15. The van der Waals surface area contributed by atoms with E-state index in [9.17, 15) is 9.59 Å². The molecule has 27 heavy (non-hydrogen) atoms. The molecule has 1 fully saturated rings. The van der Waals surface area contributed by atoms with Crippen molar-refractivity contribution in [3.05, 3.63) is 78.4 Å². The third-order valence-electron chi connectivity index (χ3n) is 5.29. The van der Waals surface area contributed by atoms with Crippen molar-refractivity contribution in [2.75, 3.05) is 11.4 Å². The summed E-state index contributed by atoms with van der Waals surface area (Å²) in [5.41, 5.74) is 6.82. The number of anilines is 1. The van der Waals surface area contributed by atoms with Crippen LogP contribution in [0.3, 0.4) is 0 Å². The molecule has 3 rings (SSSR count). The lowest BCUT2D eigenvalue weighted by Gasteiger charge is -2.51. The highest BCUT2D eigenvalue weighted by Gasteiger charge is 2.52. The molecule has 5 heteroatoms. The molecule has 2 aromatic rings. The average Bonchev–Trinajstić information content (AvgIpc) is 2.68. The fourth-order valence-electron chi connectivity index (χ4n) is 4.22. The second kappa shape index (κ2) is 8.08. The number of aliphatic carboxylic acids is 1. The van der Waals surface area contributed by atoms with Gasteiger partial charge in [0.25, 0.3) is 0 Å². The molecule has 1 aliphatic rings. The highest BCUT2D eigenvalue weighted by molar-refractivity contribution is 5.91. The van der Waals surface area contributed by atoms with Crippen LogP contribution in [-0.4, -0.2) is 23.5 Å². The zero-order valence-corrected chi connectivity index (χ0v) is 15.1. The van der Waals surface area contributed by atoms with Crippen molar-refractivity contribution in [3.8, 4) is 0 Å². The summed E-state index contributed by atoms with van der Waals surface area (Å²) in [5.74, 6) is -1.52. The number of amides is 1. The molecule has 0 aliphatic carbocycles. The van der Waals surface area contributed by atoms with Gasteiger partial charge in [-0.05, 0) is 42.9 Å². The van der Waals surface area contributed by atoms with Gasteiger partial charge in [-0.2, -0.15) is 0 Å². The summed E-state index contributed by atoms with van der Waals surface area (Å²) in [7, 11) is 0. The van der Waals surface area contributed by atoms with Crippen molar-refractivity contribution in [3.63, 3.8) is 0 Å². The zero-order chi connectivity index (χ0) is 19.3. The molecule has 2 aromatic carbocycles. The number of carbonyl (C=O) groups excluding carboxylic acids is 1. The maximum Gasteiger partial charge on any atom is 0.327 e. The first-order valence-corrected chi connectivity index (χ1v) is 9.14. The fraction of sp³-hybridized carbons (Fsp3) is 0.273. The number of hydrogen-bond acceptors (Lipinski definition) is 3. The van der Waals surface area contributed by atoms with Gasteiger partial charge in [-0.25, -0.2) is 4.79 Å². The summed E-state index contributed by atoms with van der Waals surface area (Å²) in [5, 5.41) is 8.94. The molecule has 0 aromatic heterocycles. The van der Waals surface area contributed by atoms with E-state index in [0.29, 0.717) is 13.0 Å². The summed E-state index contributed by atoms with van der Waals surface area (Å²) >= 11 is 0. The van der Waals surface area contributed by atoms with Crippen LogP contribution in [0.5, 0.6) is 0 Å². The van der Waals surface area contributed by atoms with Gasteiger partial charge in [0.2, 0.25) is 5.91 Å². The number of allylic oxidation sites excluding steroid dienone is 1. The van der Waals surface area contributed by atoms with E-state index in [2.05, 4.69) is 4.90 Å². The number of carboxylic acid groups (broad SMARTS) is 1. The van der Waals surface area contributed by atoms with E-state index < -0.39 is 17.4 Å². The molecule has 3 N–H and O–H groups in total. The lowest BCUT2D eigenvalue weighted by Crippen LogP contribution is -2.62. The van der Waals surface area contributed by atoms with Gasteiger partial charge < -0.3 is 15.7 Å². The molecule has 2 atom stereocenters. The number of rotatable bonds is 6. The van der Waals surface area contributed by atoms with Crippen LogP contribution >= 0.6 is 0 Å². The minimum atomic E-state index is -1.02. The Morgan fingerprint density at radius 2 is 1.74 bits per heavy atom. The maximum atomic E-state index is 13.0. The number of primary amides is 1. The SMILES string of the molecule is NC(=O)C1(c2ccccc2)C(CC=CC(=O)O)CCCN1c1ccccc1. The van der Waals surface area contributed by atoms with E-state index >= 15 is 0 Å². The molecule has 2 unspecified atom stereocenters. The van der Waals surface area contributed by atoms with Crippen molar-refractivity contribution in [2.45, 2.75) is 24.8 Å². The van der Waals surface area contributed by atoms with E-state index in [1.807, 2.05) is 60.7 Å². The Labute approximate surface area is 159 Å². The second-order valence-electron chi connectivity index (χ2n) is 6.80. The molecule has 0 bridgehead atoms. The number of nitrogens with zero attached hydrogens (tertiary/aromatic N) is 1. The van der Waals surface area contributed by atoms with Crippen LogP contribution in [0.1, 0.15) is 24.8 Å². The third-order valence-corrected chi connectivity index (χ3v) is 5.29. The Morgan fingerprint density at radius 3 is 2.33 bits per heavy atom. The van der Waals surface area contributed by atoms with Crippen LogP contribution in [0.2, 0.25) is 0 Å². The number of carbonyl (C=O) groups is 2. The number of para-hydroxylation sites is 1. The number of nitrogens with two attached hydrogens (primary N) is 1. The number of benzene rings is 2. The minimum absolute atomic E-state index is 0.123.